The molecule has 0 saturated heterocycles. The summed E-state index contributed by atoms with van der Waals surface area (Å²) >= 11 is 0. The molecule has 11 heavy (non-hydrogen) atoms. The third-order valence-corrected chi connectivity index (χ3v) is 1.75. The second-order valence-electron chi connectivity index (χ2n) is 2.85. The molecule has 1 atom stereocenters. The van der Waals surface area contributed by atoms with Crippen LogP contribution in [-0.2, 0) is 4.79 Å². The molecule has 0 saturated carbocycles. The summed E-state index contributed by atoms with van der Waals surface area (Å²) in [4.78, 5) is 10.5. The maximum atomic E-state index is 10.5. The lowest BCUT2D eigenvalue weighted by atomic mass is 9.87. The summed E-state index contributed by atoms with van der Waals surface area (Å²) in [5, 5.41) is 25.8. The van der Waals surface area contributed by atoms with Crippen molar-refractivity contribution < 1.29 is 20.1 Å². The summed E-state index contributed by atoms with van der Waals surface area (Å²) in [6.07, 6.45) is 0.707. The van der Waals surface area contributed by atoms with Gasteiger partial charge in [-0.3, -0.25) is 4.79 Å². The van der Waals surface area contributed by atoms with E-state index in [9.17, 15) is 4.79 Å². The molecular weight excluding hydrogens is 148 g/mol. The van der Waals surface area contributed by atoms with E-state index in [1.165, 1.54) is 6.92 Å². The maximum absolute atomic E-state index is 10.5. The highest BCUT2D eigenvalue weighted by atomic mass is 16.4. The molecule has 4 nitrogen and oxygen atoms in total. The fraction of sp³-hybridized carbons (Fsp3) is 0.857. The van der Waals surface area contributed by atoms with E-state index in [1.807, 2.05) is 0 Å². The van der Waals surface area contributed by atoms with Crippen LogP contribution in [0, 0.1) is 5.41 Å². The first kappa shape index (κ1) is 10.4. The maximum Gasteiger partial charge on any atom is 0.311 e. The van der Waals surface area contributed by atoms with E-state index in [2.05, 4.69) is 0 Å². The highest BCUT2D eigenvalue weighted by Gasteiger charge is 2.31. The molecule has 0 rings (SSSR count). The van der Waals surface area contributed by atoms with Crippen LogP contribution >= 0.6 is 0 Å². The number of rotatable bonds is 5. The first-order valence-electron chi connectivity index (χ1n) is 3.52. The highest BCUT2D eigenvalue weighted by Crippen LogP contribution is 2.22. The van der Waals surface area contributed by atoms with Crippen LogP contribution in [0.5, 0.6) is 0 Å². The number of hydrogen-bond acceptors (Lipinski definition) is 3. The Balaban J connectivity index is 3.99. The normalized spacial score (nSPS) is 15.9. The molecule has 0 heterocycles. The fourth-order valence-electron chi connectivity index (χ4n) is 0.723. The van der Waals surface area contributed by atoms with Crippen LogP contribution in [0.1, 0.15) is 19.8 Å². The van der Waals surface area contributed by atoms with Crippen molar-refractivity contribution in [3.63, 3.8) is 0 Å². The van der Waals surface area contributed by atoms with E-state index in [1.54, 1.807) is 0 Å². The lowest BCUT2D eigenvalue weighted by molar-refractivity contribution is -0.150. The third kappa shape index (κ3) is 2.86. The van der Waals surface area contributed by atoms with Crippen LogP contribution < -0.4 is 0 Å². The SMILES string of the molecule is CC(CO)(CCCO)C(=O)O. The van der Waals surface area contributed by atoms with Gasteiger partial charge in [-0.15, -0.1) is 0 Å². The Morgan fingerprint density at radius 3 is 2.27 bits per heavy atom. The Labute approximate surface area is 65.5 Å². The van der Waals surface area contributed by atoms with Gasteiger partial charge < -0.3 is 15.3 Å². The Morgan fingerprint density at radius 2 is 2.00 bits per heavy atom. The molecule has 0 fully saturated rings. The van der Waals surface area contributed by atoms with Gasteiger partial charge in [0, 0.05) is 6.61 Å². The van der Waals surface area contributed by atoms with Crippen molar-refractivity contribution in [2.45, 2.75) is 19.8 Å². The van der Waals surface area contributed by atoms with Crippen molar-refractivity contribution in [2.75, 3.05) is 13.2 Å². The molecule has 0 aromatic heterocycles. The number of carboxylic acids is 1. The second kappa shape index (κ2) is 4.31. The average Bonchev–Trinajstić information content (AvgIpc) is 2.00. The van der Waals surface area contributed by atoms with Crippen LogP contribution in [0.2, 0.25) is 0 Å². The first-order valence-corrected chi connectivity index (χ1v) is 3.52. The van der Waals surface area contributed by atoms with Crippen molar-refractivity contribution in [3.8, 4) is 0 Å². The average molecular weight is 162 g/mol. The molecule has 0 spiro atoms. The molecule has 1 unspecified atom stereocenters. The minimum atomic E-state index is -1.09. The van der Waals surface area contributed by atoms with Gasteiger partial charge in [0.25, 0.3) is 0 Å². The summed E-state index contributed by atoms with van der Waals surface area (Å²) in [6, 6.07) is 0. The summed E-state index contributed by atoms with van der Waals surface area (Å²) < 4.78 is 0. The minimum absolute atomic E-state index is 0.0388. The molecule has 0 aromatic rings. The number of carbonyl (C=O) groups is 1. The van der Waals surface area contributed by atoms with Gasteiger partial charge in [-0.2, -0.15) is 0 Å². The molecule has 0 bridgehead atoms. The number of hydrogen-bond donors (Lipinski definition) is 3. The Kier molecular flexibility index (Phi) is 4.07. The first-order chi connectivity index (χ1) is 5.06. The number of aliphatic hydroxyl groups excluding tert-OH is 2. The van der Waals surface area contributed by atoms with Gasteiger partial charge in [-0.25, -0.2) is 0 Å². The number of carboxylic acid groups (broad SMARTS) is 1. The Bertz CT molecular complexity index is 134. The van der Waals surface area contributed by atoms with Crippen LogP contribution in [0.15, 0.2) is 0 Å². The summed E-state index contributed by atoms with van der Waals surface area (Å²) in [6.45, 7) is 1.04. The van der Waals surface area contributed by atoms with E-state index in [0.29, 0.717) is 12.8 Å². The Morgan fingerprint density at radius 1 is 1.45 bits per heavy atom. The lowest BCUT2D eigenvalue weighted by Gasteiger charge is -2.20. The molecular formula is C7H14O4. The number of aliphatic carboxylic acids is 1. The molecule has 3 N–H and O–H groups in total. The van der Waals surface area contributed by atoms with E-state index in [0.717, 1.165) is 0 Å². The van der Waals surface area contributed by atoms with Gasteiger partial charge in [-0.1, -0.05) is 0 Å². The van der Waals surface area contributed by atoms with Crippen LogP contribution in [-0.4, -0.2) is 34.5 Å². The minimum Gasteiger partial charge on any atom is -0.481 e. The topological polar surface area (TPSA) is 77.8 Å². The van der Waals surface area contributed by atoms with Gasteiger partial charge in [0.1, 0.15) is 0 Å². The zero-order chi connectivity index (χ0) is 8.91. The zero-order valence-corrected chi connectivity index (χ0v) is 6.58. The highest BCUT2D eigenvalue weighted by molar-refractivity contribution is 5.74. The van der Waals surface area contributed by atoms with Crippen molar-refractivity contribution in [1.29, 1.82) is 0 Å². The van der Waals surface area contributed by atoms with E-state index in [4.69, 9.17) is 15.3 Å². The molecule has 0 aliphatic heterocycles. The molecule has 0 amide bonds. The van der Waals surface area contributed by atoms with E-state index in [-0.39, 0.29) is 13.2 Å². The van der Waals surface area contributed by atoms with Gasteiger partial charge >= 0.3 is 5.97 Å². The van der Waals surface area contributed by atoms with Crippen molar-refractivity contribution in [3.05, 3.63) is 0 Å². The third-order valence-electron chi connectivity index (χ3n) is 1.75. The van der Waals surface area contributed by atoms with E-state index < -0.39 is 11.4 Å². The Hall–Kier alpha value is -0.610. The molecule has 66 valence electrons. The summed E-state index contributed by atoms with van der Waals surface area (Å²) in [5.74, 6) is -1.02. The standard InChI is InChI=1S/C7H14O4/c1-7(5-9,6(10)11)3-2-4-8/h8-9H,2-5H2,1H3,(H,10,11). The van der Waals surface area contributed by atoms with E-state index >= 15 is 0 Å². The largest absolute Gasteiger partial charge is 0.481 e. The van der Waals surface area contributed by atoms with Gasteiger partial charge in [0.05, 0.1) is 12.0 Å². The molecule has 0 radical (unpaired) electrons. The summed E-state index contributed by atoms with van der Waals surface area (Å²) in [7, 11) is 0. The van der Waals surface area contributed by atoms with Gasteiger partial charge in [0.2, 0.25) is 0 Å². The molecule has 0 aliphatic carbocycles. The van der Waals surface area contributed by atoms with Crippen molar-refractivity contribution in [2.24, 2.45) is 5.41 Å². The van der Waals surface area contributed by atoms with Crippen LogP contribution in [0.25, 0.3) is 0 Å². The van der Waals surface area contributed by atoms with Gasteiger partial charge in [0.15, 0.2) is 0 Å². The van der Waals surface area contributed by atoms with Crippen molar-refractivity contribution >= 4 is 5.97 Å². The summed E-state index contributed by atoms with van der Waals surface area (Å²) in [5.41, 5.74) is -1.09. The number of aliphatic hydroxyl groups is 2. The van der Waals surface area contributed by atoms with Crippen LogP contribution in [0.4, 0.5) is 0 Å². The fourth-order valence-corrected chi connectivity index (χ4v) is 0.723. The lowest BCUT2D eigenvalue weighted by Crippen LogP contribution is -2.31. The quantitative estimate of drug-likeness (QED) is 0.525. The monoisotopic (exact) mass is 162 g/mol. The van der Waals surface area contributed by atoms with Crippen LogP contribution in [0.3, 0.4) is 0 Å². The molecule has 4 heteroatoms. The molecule has 0 aromatic carbocycles. The predicted octanol–water partition coefficient (Wildman–Crippen LogP) is -0.158. The second-order valence-corrected chi connectivity index (χ2v) is 2.85. The van der Waals surface area contributed by atoms with Gasteiger partial charge in [-0.05, 0) is 19.8 Å². The smallest absolute Gasteiger partial charge is 0.311 e. The molecule has 0 aliphatic rings. The predicted molar refractivity (Wildman–Crippen MR) is 39.1 cm³/mol. The zero-order valence-electron chi connectivity index (χ0n) is 6.58. The van der Waals surface area contributed by atoms with Crippen molar-refractivity contribution in [1.82, 2.24) is 0 Å².